The Morgan fingerprint density at radius 2 is 1.89 bits per heavy atom. The number of carboxylic acid groups (broad SMARTS) is 1. The molecule has 98 valence electrons. The second-order valence-corrected chi connectivity index (χ2v) is 5.74. The smallest absolute Gasteiger partial charge is 0.335 e. The first kappa shape index (κ1) is 14.1. The molecule has 3 nitrogen and oxygen atoms in total. The van der Waals surface area contributed by atoms with Crippen molar-refractivity contribution in [1.82, 2.24) is 0 Å². The lowest BCUT2D eigenvalue weighted by Crippen LogP contribution is -1.99. The van der Waals surface area contributed by atoms with Gasteiger partial charge in [-0.2, -0.15) is 0 Å². The molecule has 0 saturated heterocycles. The summed E-state index contributed by atoms with van der Waals surface area (Å²) in [6.07, 6.45) is 0. The minimum absolute atomic E-state index is 0.275. The van der Waals surface area contributed by atoms with E-state index >= 15 is 0 Å². The van der Waals surface area contributed by atoms with Gasteiger partial charge in [-0.05, 0) is 71.5 Å². The summed E-state index contributed by atoms with van der Waals surface area (Å²) in [4.78, 5) is 10.9. The molecular formula is C14H11ClINO2. The van der Waals surface area contributed by atoms with Crippen LogP contribution in [-0.2, 0) is 0 Å². The highest BCUT2D eigenvalue weighted by Gasteiger charge is 2.07. The Kier molecular flexibility index (Phi) is 4.31. The molecule has 2 N–H and O–H groups in total. The number of hydrogen-bond donors (Lipinski definition) is 2. The number of hydrogen-bond acceptors (Lipinski definition) is 2. The van der Waals surface area contributed by atoms with Crippen molar-refractivity contribution >= 4 is 51.5 Å². The summed E-state index contributed by atoms with van der Waals surface area (Å²) >= 11 is 8.35. The number of aryl methyl sites for hydroxylation is 1. The van der Waals surface area contributed by atoms with E-state index in [9.17, 15) is 4.79 Å². The van der Waals surface area contributed by atoms with Crippen molar-refractivity contribution in [1.29, 1.82) is 0 Å². The Bertz CT molecular complexity index is 643. The number of rotatable bonds is 3. The Labute approximate surface area is 129 Å². The number of carbonyl (C=O) groups is 1. The van der Waals surface area contributed by atoms with E-state index in [4.69, 9.17) is 16.7 Å². The quantitative estimate of drug-likeness (QED) is 0.751. The molecule has 19 heavy (non-hydrogen) atoms. The van der Waals surface area contributed by atoms with Crippen molar-refractivity contribution in [3.63, 3.8) is 0 Å². The maximum atomic E-state index is 10.9. The molecule has 2 aromatic rings. The fourth-order valence-electron chi connectivity index (χ4n) is 1.67. The number of halogens is 2. The maximum absolute atomic E-state index is 10.9. The fraction of sp³-hybridized carbons (Fsp3) is 0.0714. The fourth-order valence-corrected chi connectivity index (χ4v) is 2.58. The summed E-state index contributed by atoms with van der Waals surface area (Å²) in [5.41, 5.74) is 2.77. The van der Waals surface area contributed by atoms with E-state index in [-0.39, 0.29) is 5.56 Å². The zero-order valence-electron chi connectivity index (χ0n) is 10.1. The molecule has 0 aliphatic carbocycles. The lowest BCUT2D eigenvalue weighted by atomic mass is 10.1. The summed E-state index contributed by atoms with van der Waals surface area (Å²) in [6.45, 7) is 1.86. The Balaban J connectivity index is 2.31. The summed E-state index contributed by atoms with van der Waals surface area (Å²) in [5.74, 6) is -0.929. The maximum Gasteiger partial charge on any atom is 0.335 e. The second kappa shape index (κ2) is 5.79. The van der Waals surface area contributed by atoms with E-state index in [1.54, 1.807) is 18.2 Å². The summed E-state index contributed by atoms with van der Waals surface area (Å²) < 4.78 is 1.06. The third-order valence-corrected chi connectivity index (χ3v) is 3.66. The first-order valence-electron chi connectivity index (χ1n) is 5.53. The van der Waals surface area contributed by atoms with Crippen LogP contribution in [0.3, 0.4) is 0 Å². The molecule has 0 unspecified atom stereocenters. The predicted molar refractivity (Wildman–Crippen MR) is 85.6 cm³/mol. The Morgan fingerprint density at radius 1 is 1.21 bits per heavy atom. The van der Waals surface area contributed by atoms with Gasteiger partial charge in [0.25, 0.3) is 0 Å². The van der Waals surface area contributed by atoms with Crippen LogP contribution in [0.4, 0.5) is 11.4 Å². The van der Waals surface area contributed by atoms with Gasteiger partial charge in [0, 0.05) is 9.26 Å². The number of carboxylic acids is 1. The lowest BCUT2D eigenvalue weighted by Gasteiger charge is -2.12. The number of nitrogens with one attached hydrogen (secondary N) is 1. The van der Waals surface area contributed by atoms with Gasteiger partial charge < -0.3 is 10.4 Å². The van der Waals surface area contributed by atoms with Gasteiger partial charge in [0.05, 0.1) is 16.3 Å². The van der Waals surface area contributed by atoms with Crippen LogP contribution >= 0.6 is 34.2 Å². The molecule has 0 saturated carbocycles. The van der Waals surface area contributed by atoms with Gasteiger partial charge in [0.15, 0.2) is 0 Å². The predicted octanol–water partition coefficient (Wildman–Crippen LogP) is 4.69. The van der Waals surface area contributed by atoms with Crippen molar-refractivity contribution in [2.75, 3.05) is 5.32 Å². The van der Waals surface area contributed by atoms with Crippen LogP contribution < -0.4 is 5.32 Å². The van der Waals surface area contributed by atoms with E-state index in [1.165, 1.54) is 0 Å². The normalized spacial score (nSPS) is 10.3. The van der Waals surface area contributed by atoms with E-state index in [2.05, 4.69) is 27.9 Å². The number of anilines is 2. The molecule has 0 spiro atoms. The highest BCUT2D eigenvalue weighted by molar-refractivity contribution is 14.1. The average Bonchev–Trinajstić information content (AvgIpc) is 2.34. The molecule has 2 aromatic carbocycles. The molecule has 5 heteroatoms. The largest absolute Gasteiger partial charge is 0.478 e. The third-order valence-electron chi connectivity index (χ3n) is 2.67. The number of benzene rings is 2. The number of aromatic carboxylic acids is 1. The van der Waals surface area contributed by atoms with Gasteiger partial charge in [-0.15, -0.1) is 0 Å². The van der Waals surface area contributed by atoms with Crippen molar-refractivity contribution < 1.29 is 9.90 Å². The van der Waals surface area contributed by atoms with E-state index in [0.29, 0.717) is 5.02 Å². The van der Waals surface area contributed by atoms with E-state index in [1.807, 2.05) is 25.1 Å². The van der Waals surface area contributed by atoms with Crippen LogP contribution in [0, 0.1) is 10.5 Å². The zero-order valence-corrected chi connectivity index (χ0v) is 13.0. The first-order chi connectivity index (χ1) is 8.97. The van der Waals surface area contributed by atoms with E-state index in [0.717, 1.165) is 20.5 Å². The lowest BCUT2D eigenvalue weighted by molar-refractivity contribution is 0.0697. The molecule has 0 aliphatic rings. The van der Waals surface area contributed by atoms with Crippen molar-refractivity contribution in [2.24, 2.45) is 0 Å². The molecule has 0 fully saturated rings. The van der Waals surface area contributed by atoms with E-state index < -0.39 is 5.97 Å². The van der Waals surface area contributed by atoms with Gasteiger partial charge in [0.1, 0.15) is 0 Å². The van der Waals surface area contributed by atoms with Gasteiger partial charge >= 0.3 is 5.97 Å². The molecule has 0 amide bonds. The molecule has 2 rings (SSSR count). The zero-order chi connectivity index (χ0) is 14.0. The van der Waals surface area contributed by atoms with Gasteiger partial charge in [-0.1, -0.05) is 11.6 Å². The molecule has 0 aliphatic heterocycles. The summed E-state index contributed by atoms with van der Waals surface area (Å²) in [6, 6.07) is 10.7. The van der Waals surface area contributed by atoms with Crippen molar-refractivity contribution in [3.8, 4) is 0 Å². The minimum atomic E-state index is -0.929. The Morgan fingerprint density at radius 3 is 2.47 bits per heavy atom. The molecular weight excluding hydrogens is 377 g/mol. The van der Waals surface area contributed by atoms with Crippen molar-refractivity contribution in [2.45, 2.75) is 6.92 Å². The molecule has 0 heterocycles. The Hall–Kier alpha value is -1.27. The van der Waals surface area contributed by atoms with Crippen LogP contribution in [-0.4, -0.2) is 11.1 Å². The standard InChI is InChI=1S/C14H11ClINO2/c1-8-6-9(14(18)19)2-4-12(8)17-13-5-3-10(16)7-11(13)15/h2-7,17H,1H3,(H,18,19). The summed E-state index contributed by atoms with van der Waals surface area (Å²) in [5, 5.41) is 12.8. The first-order valence-corrected chi connectivity index (χ1v) is 6.99. The van der Waals surface area contributed by atoms with Gasteiger partial charge in [-0.3, -0.25) is 0 Å². The summed E-state index contributed by atoms with van der Waals surface area (Å²) in [7, 11) is 0. The van der Waals surface area contributed by atoms with Crippen LogP contribution in [0.25, 0.3) is 0 Å². The van der Waals surface area contributed by atoms with Crippen molar-refractivity contribution in [3.05, 3.63) is 56.1 Å². The van der Waals surface area contributed by atoms with Gasteiger partial charge in [-0.25, -0.2) is 4.79 Å². The highest BCUT2D eigenvalue weighted by atomic mass is 127. The average molecular weight is 388 g/mol. The second-order valence-electron chi connectivity index (χ2n) is 4.08. The third kappa shape index (κ3) is 3.39. The molecule has 0 bridgehead atoms. The molecule has 0 radical (unpaired) electrons. The topological polar surface area (TPSA) is 49.3 Å². The van der Waals surface area contributed by atoms with Crippen LogP contribution in [0.5, 0.6) is 0 Å². The van der Waals surface area contributed by atoms with Crippen LogP contribution in [0.2, 0.25) is 5.02 Å². The van der Waals surface area contributed by atoms with Gasteiger partial charge in [0.2, 0.25) is 0 Å². The minimum Gasteiger partial charge on any atom is -0.478 e. The molecule has 0 atom stereocenters. The molecule has 0 aromatic heterocycles. The van der Waals surface area contributed by atoms with Crippen LogP contribution in [0.15, 0.2) is 36.4 Å². The SMILES string of the molecule is Cc1cc(C(=O)O)ccc1Nc1ccc(I)cc1Cl. The highest BCUT2D eigenvalue weighted by Crippen LogP contribution is 2.28. The monoisotopic (exact) mass is 387 g/mol. The van der Waals surface area contributed by atoms with Crippen LogP contribution in [0.1, 0.15) is 15.9 Å².